The zero-order chi connectivity index (χ0) is 20.2. The van der Waals surface area contributed by atoms with Crippen LogP contribution in [-0.2, 0) is 14.8 Å². The van der Waals surface area contributed by atoms with Crippen molar-refractivity contribution in [2.45, 2.75) is 9.79 Å². The predicted molar refractivity (Wildman–Crippen MR) is 99.6 cm³/mol. The minimum atomic E-state index is -3.68. The van der Waals surface area contributed by atoms with Crippen molar-refractivity contribution in [1.29, 1.82) is 0 Å². The summed E-state index contributed by atoms with van der Waals surface area (Å²) in [6, 6.07) is 7.45. The minimum absolute atomic E-state index is 0.00291. The molecule has 0 aliphatic heterocycles. The zero-order valence-electron chi connectivity index (χ0n) is 14.8. The van der Waals surface area contributed by atoms with Gasteiger partial charge in [-0.2, -0.15) is 0 Å². The molecule has 0 aliphatic rings. The van der Waals surface area contributed by atoms with Crippen LogP contribution in [0.4, 0.5) is 14.5 Å². The zero-order valence-corrected chi connectivity index (χ0v) is 16.5. The number of hydrogen-bond acceptors (Lipinski definition) is 5. The molecule has 10 heteroatoms. The number of sulfonamides is 1. The number of halogens is 2. The van der Waals surface area contributed by atoms with Gasteiger partial charge in [-0.1, -0.05) is 0 Å². The van der Waals surface area contributed by atoms with Gasteiger partial charge in [0, 0.05) is 19.0 Å². The summed E-state index contributed by atoms with van der Waals surface area (Å²) in [5.74, 6) is -2.21. The summed E-state index contributed by atoms with van der Waals surface area (Å²) in [5.41, 5.74) is 0.191. The van der Waals surface area contributed by atoms with Crippen LogP contribution in [0.1, 0.15) is 0 Å². The number of carbonyl (C=O) groups is 1. The van der Waals surface area contributed by atoms with E-state index in [0.717, 1.165) is 28.2 Å². The first-order valence-corrected chi connectivity index (χ1v) is 10.1. The van der Waals surface area contributed by atoms with E-state index in [4.69, 9.17) is 4.74 Å². The Bertz CT molecular complexity index is 950. The van der Waals surface area contributed by atoms with E-state index in [9.17, 15) is 22.0 Å². The van der Waals surface area contributed by atoms with Gasteiger partial charge in [0.2, 0.25) is 15.9 Å². The summed E-state index contributed by atoms with van der Waals surface area (Å²) in [6.07, 6.45) is 0. The number of hydrogen-bond donors (Lipinski definition) is 1. The summed E-state index contributed by atoms with van der Waals surface area (Å²) in [5, 5.41) is 2.57. The second kappa shape index (κ2) is 8.68. The van der Waals surface area contributed by atoms with Gasteiger partial charge in [-0.15, -0.1) is 11.8 Å². The molecule has 0 bridgehead atoms. The molecule has 0 atom stereocenters. The summed E-state index contributed by atoms with van der Waals surface area (Å²) < 4.78 is 56.8. The average molecular weight is 416 g/mol. The number of nitrogens with one attached hydrogen (secondary N) is 1. The summed E-state index contributed by atoms with van der Waals surface area (Å²) in [7, 11) is 0.508. The predicted octanol–water partition coefficient (Wildman–Crippen LogP) is 2.95. The number of benzene rings is 2. The molecule has 2 aromatic carbocycles. The molecular formula is C17H18F2N2O4S2. The molecule has 0 saturated heterocycles. The van der Waals surface area contributed by atoms with E-state index >= 15 is 0 Å². The molecule has 2 aromatic rings. The first-order chi connectivity index (χ1) is 12.6. The SMILES string of the molecule is COc1ccc(S(=O)(=O)N(C)C)cc1NC(=O)CSc1ccc(F)c(F)c1. The van der Waals surface area contributed by atoms with Gasteiger partial charge in [0.25, 0.3) is 0 Å². The molecule has 1 amide bonds. The number of carbonyl (C=O) groups excluding carboxylic acids is 1. The second-order valence-corrected chi connectivity index (χ2v) is 8.76. The highest BCUT2D eigenvalue weighted by Crippen LogP contribution is 2.29. The van der Waals surface area contributed by atoms with Crippen molar-refractivity contribution >= 4 is 33.4 Å². The van der Waals surface area contributed by atoms with Crippen molar-refractivity contribution in [1.82, 2.24) is 4.31 Å². The Morgan fingerprint density at radius 2 is 1.85 bits per heavy atom. The summed E-state index contributed by atoms with van der Waals surface area (Å²) in [6.45, 7) is 0. The lowest BCUT2D eigenvalue weighted by Crippen LogP contribution is -2.22. The lowest BCUT2D eigenvalue weighted by Gasteiger charge is -2.15. The van der Waals surface area contributed by atoms with Crippen LogP contribution in [0.5, 0.6) is 5.75 Å². The largest absolute Gasteiger partial charge is 0.495 e. The van der Waals surface area contributed by atoms with Crippen LogP contribution in [0.25, 0.3) is 0 Å². The summed E-state index contributed by atoms with van der Waals surface area (Å²) in [4.78, 5) is 12.6. The monoisotopic (exact) mass is 416 g/mol. The Morgan fingerprint density at radius 3 is 2.44 bits per heavy atom. The van der Waals surface area contributed by atoms with Gasteiger partial charge in [0.05, 0.1) is 23.4 Å². The normalized spacial score (nSPS) is 11.5. The van der Waals surface area contributed by atoms with E-state index in [1.165, 1.54) is 45.5 Å². The van der Waals surface area contributed by atoms with Crippen molar-refractivity contribution in [3.05, 3.63) is 48.0 Å². The van der Waals surface area contributed by atoms with Crippen molar-refractivity contribution in [2.75, 3.05) is 32.3 Å². The van der Waals surface area contributed by atoms with E-state index in [0.29, 0.717) is 10.6 Å². The first kappa shape index (κ1) is 21.1. The van der Waals surface area contributed by atoms with Gasteiger partial charge in [0.15, 0.2) is 11.6 Å². The third-order valence-electron chi connectivity index (χ3n) is 3.48. The molecule has 1 N–H and O–H groups in total. The van der Waals surface area contributed by atoms with Crippen molar-refractivity contribution in [3.8, 4) is 5.75 Å². The Labute approximate surface area is 160 Å². The molecule has 0 aromatic heterocycles. The fraction of sp³-hybridized carbons (Fsp3) is 0.235. The Balaban J connectivity index is 2.15. The topological polar surface area (TPSA) is 75.7 Å². The maximum absolute atomic E-state index is 13.2. The van der Waals surface area contributed by atoms with E-state index < -0.39 is 27.6 Å². The number of rotatable bonds is 7. The number of amides is 1. The number of methoxy groups -OCH3 is 1. The Kier molecular flexibility index (Phi) is 6.79. The van der Waals surface area contributed by atoms with Gasteiger partial charge in [0.1, 0.15) is 5.75 Å². The number of thioether (sulfide) groups is 1. The highest BCUT2D eigenvalue weighted by molar-refractivity contribution is 8.00. The van der Waals surface area contributed by atoms with Crippen molar-refractivity contribution < 1.29 is 26.7 Å². The van der Waals surface area contributed by atoms with E-state index in [1.54, 1.807) is 0 Å². The molecule has 0 heterocycles. The van der Waals surface area contributed by atoms with Gasteiger partial charge >= 0.3 is 0 Å². The molecule has 0 unspecified atom stereocenters. The van der Waals surface area contributed by atoms with E-state index in [1.807, 2.05) is 0 Å². The number of ether oxygens (including phenoxy) is 1. The van der Waals surface area contributed by atoms with Crippen LogP contribution < -0.4 is 10.1 Å². The standard InChI is InChI=1S/C17H18F2N2O4S2/c1-21(2)27(23,24)12-5-7-16(25-3)15(9-12)20-17(22)10-26-11-4-6-13(18)14(19)8-11/h4-9H,10H2,1-3H3,(H,20,22). The summed E-state index contributed by atoms with van der Waals surface area (Å²) >= 11 is 1.01. The molecule has 2 rings (SSSR count). The highest BCUT2D eigenvalue weighted by Gasteiger charge is 2.20. The minimum Gasteiger partial charge on any atom is -0.495 e. The van der Waals surface area contributed by atoms with Gasteiger partial charge in [-0.25, -0.2) is 21.5 Å². The van der Waals surface area contributed by atoms with Gasteiger partial charge in [-0.05, 0) is 36.4 Å². The van der Waals surface area contributed by atoms with Crippen LogP contribution in [0.2, 0.25) is 0 Å². The molecule has 0 aliphatic carbocycles. The van der Waals surface area contributed by atoms with Crippen molar-refractivity contribution in [3.63, 3.8) is 0 Å². The molecule has 146 valence electrons. The van der Waals surface area contributed by atoms with E-state index in [-0.39, 0.29) is 16.3 Å². The van der Waals surface area contributed by atoms with Crippen LogP contribution in [0.3, 0.4) is 0 Å². The van der Waals surface area contributed by atoms with Crippen LogP contribution in [0.15, 0.2) is 46.2 Å². The number of nitrogens with zero attached hydrogens (tertiary/aromatic N) is 1. The van der Waals surface area contributed by atoms with Crippen LogP contribution in [-0.4, -0.2) is 45.6 Å². The van der Waals surface area contributed by atoms with Crippen LogP contribution in [0, 0.1) is 11.6 Å². The fourth-order valence-electron chi connectivity index (χ4n) is 2.06. The third-order valence-corrected chi connectivity index (χ3v) is 6.29. The lowest BCUT2D eigenvalue weighted by molar-refractivity contribution is -0.113. The van der Waals surface area contributed by atoms with Crippen molar-refractivity contribution in [2.24, 2.45) is 0 Å². The molecule has 27 heavy (non-hydrogen) atoms. The maximum atomic E-state index is 13.2. The first-order valence-electron chi connectivity index (χ1n) is 7.63. The van der Waals surface area contributed by atoms with E-state index in [2.05, 4.69) is 5.32 Å². The molecule has 0 spiro atoms. The van der Waals surface area contributed by atoms with Crippen LogP contribution >= 0.6 is 11.8 Å². The third kappa shape index (κ3) is 5.18. The highest BCUT2D eigenvalue weighted by atomic mass is 32.2. The average Bonchev–Trinajstić information content (AvgIpc) is 2.62. The molecule has 0 radical (unpaired) electrons. The number of anilines is 1. The van der Waals surface area contributed by atoms with Gasteiger partial charge in [-0.3, -0.25) is 4.79 Å². The molecular weight excluding hydrogens is 398 g/mol. The van der Waals surface area contributed by atoms with Gasteiger partial charge < -0.3 is 10.1 Å². The fourth-order valence-corrected chi connectivity index (χ4v) is 3.71. The quantitative estimate of drug-likeness (QED) is 0.703. The Hall–Kier alpha value is -2.17. The smallest absolute Gasteiger partial charge is 0.242 e. The lowest BCUT2D eigenvalue weighted by atomic mass is 10.3. The maximum Gasteiger partial charge on any atom is 0.242 e. The molecule has 0 saturated carbocycles. The molecule has 6 nitrogen and oxygen atoms in total. The molecule has 0 fully saturated rings. The Morgan fingerprint density at radius 1 is 1.15 bits per heavy atom. The second-order valence-electron chi connectivity index (χ2n) is 5.56.